The lowest BCUT2D eigenvalue weighted by Gasteiger charge is -2.31. The molecule has 3 nitrogen and oxygen atoms in total. The Morgan fingerprint density at radius 1 is 1.44 bits per heavy atom. The maximum Gasteiger partial charge on any atom is 0.232 e. The number of ether oxygens (including phenoxy) is 1. The fourth-order valence-corrected chi connectivity index (χ4v) is 2.94. The second-order valence-electron chi connectivity index (χ2n) is 4.93. The average molecular weight is 266 g/mol. The highest BCUT2D eigenvalue weighted by atomic mass is 35.5. The summed E-state index contributed by atoms with van der Waals surface area (Å²) < 4.78 is 5.31. The summed E-state index contributed by atoms with van der Waals surface area (Å²) in [7, 11) is 0. The van der Waals surface area contributed by atoms with Crippen LogP contribution in [-0.4, -0.2) is 25.7 Å². The second-order valence-corrected chi connectivity index (χ2v) is 5.36. The first-order valence-corrected chi connectivity index (χ1v) is 6.81. The Labute approximate surface area is 112 Å². The van der Waals surface area contributed by atoms with Crippen molar-refractivity contribution < 1.29 is 9.53 Å². The molecule has 2 aliphatic heterocycles. The smallest absolute Gasteiger partial charge is 0.232 e. The number of hydrogen-bond acceptors (Lipinski definition) is 2. The van der Waals surface area contributed by atoms with Crippen LogP contribution in [0.1, 0.15) is 18.4 Å². The van der Waals surface area contributed by atoms with Gasteiger partial charge in [-0.25, -0.2) is 0 Å². The zero-order chi connectivity index (χ0) is 12.5. The van der Waals surface area contributed by atoms with E-state index in [1.54, 1.807) is 0 Å². The van der Waals surface area contributed by atoms with E-state index in [9.17, 15) is 4.79 Å². The van der Waals surface area contributed by atoms with E-state index < -0.39 is 0 Å². The van der Waals surface area contributed by atoms with Crippen LogP contribution in [0.25, 0.3) is 0 Å². The SMILES string of the molecule is O=C(C1CCOC1)N1CCCc2cc(Cl)ccc21. The maximum absolute atomic E-state index is 12.5. The molecule has 2 heterocycles. The van der Waals surface area contributed by atoms with E-state index in [0.29, 0.717) is 13.2 Å². The molecular weight excluding hydrogens is 250 g/mol. The average Bonchev–Trinajstić information content (AvgIpc) is 2.90. The molecule has 96 valence electrons. The van der Waals surface area contributed by atoms with E-state index in [0.717, 1.165) is 36.5 Å². The summed E-state index contributed by atoms with van der Waals surface area (Å²) in [5.74, 6) is 0.238. The van der Waals surface area contributed by atoms with E-state index >= 15 is 0 Å². The Kier molecular flexibility index (Phi) is 3.27. The van der Waals surface area contributed by atoms with Gasteiger partial charge in [-0.3, -0.25) is 4.79 Å². The van der Waals surface area contributed by atoms with Gasteiger partial charge < -0.3 is 9.64 Å². The number of aryl methyl sites for hydroxylation is 1. The topological polar surface area (TPSA) is 29.5 Å². The van der Waals surface area contributed by atoms with E-state index in [-0.39, 0.29) is 11.8 Å². The first kappa shape index (κ1) is 12.0. The summed E-state index contributed by atoms with van der Waals surface area (Å²) in [6.07, 6.45) is 2.85. The number of anilines is 1. The highest BCUT2D eigenvalue weighted by Gasteiger charge is 2.31. The number of amides is 1. The lowest BCUT2D eigenvalue weighted by atomic mass is 9.99. The Hall–Kier alpha value is -1.06. The van der Waals surface area contributed by atoms with Gasteiger partial charge in [0.05, 0.1) is 12.5 Å². The molecule has 0 N–H and O–H groups in total. The lowest BCUT2D eigenvalue weighted by molar-refractivity contribution is -0.122. The molecular formula is C14H16ClNO2. The fraction of sp³-hybridized carbons (Fsp3) is 0.500. The summed E-state index contributed by atoms with van der Waals surface area (Å²) in [5, 5.41) is 0.743. The quantitative estimate of drug-likeness (QED) is 0.781. The number of benzene rings is 1. The van der Waals surface area contributed by atoms with Crippen LogP contribution in [-0.2, 0) is 16.0 Å². The summed E-state index contributed by atoms with van der Waals surface area (Å²) in [6.45, 7) is 2.08. The minimum atomic E-state index is 0.0339. The van der Waals surface area contributed by atoms with Crippen molar-refractivity contribution in [3.05, 3.63) is 28.8 Å². The van der Waals surface area contributed by atoms with Gasteiger partial charge in [0.2, 0.25) is 5.91 Å². The molecule has 0 bridgehead atoms. The van der Waals surface area contributed by atoms with Gasteiger partial charge in [0.1, 0.15) is 0 Å². The summed E-state index contributed by atoms with van der Waals surface area (Å²) in [6, 6.07) is 5.79. The van der Waals surface area contributed by atoms with Crippen molar-refractivity contribution in [2.75, 3.05) is 24.7 Å². The molecule has 1 amide bonds. The summed E-state index contributed by atoms with van der Waals surface area (Å²) >= 11 is 6.01. The molecule has 0 aromatic heterocycles. The Morgan fingerprint density at radius 2 is 2.33 bits per heavy atom. The van der Waals surface area contributed by atoms with E-state index in [1.807, 2.05) is 23.1 Å². The van der Waals surface area contributed by atoms with Gasteiger partial charge in [-0.05, 0) is 43.0 Å². The minimum Gasteiger partial charge on any atom is -0.381 e. The highest BCUT2D eigenvalue weighted by Crippen LogP contribution is 2.31. The Bertz CT molecular complexity index is 469. The normalized spacial score (nSPS) is 22.9. The number of hydrogen-bond donors (Lipinski definition) is 0. The van der Waals surface area contributed by atoms with Crippen LogP contribution in [0.2, 0.25) is 5.02 Å². The van der Waals surface area contributed by atoms with Crippen LogP contribution in [0, 0.1) is 5.92 Å². The molecule has 3 rings (SSSR count). The predicted octanol–water partition coefficient (Wildman–Crippen LogP) is 2.66. The maximum atomic E-state index is 12.5. The molecule has 1 unspecified atom stereocenters. The number of carbonyl (C=O) groups is 1. The molecule has 0 spiro atoms. The Balaban J connectivity index is 1.88. The van der Waals surface area contributed by atoms with Crippen molar-refractivity contribution in [2.45, 2.75) is 19.3 Å². The van der Waals surface area contributed by atoms with Crippen molar-refractivity contribution in [3.63, 3.8) is 0 Å². The zero-order valence-corrected chi connectivity index (χ0v) is 10.9. The van der Waals surface area contributed by atoms with Crippen LogP contribution in [0.3, 0.4) is 0 Å². The molecule has 1 saturated heterocycles. The number of halogens is 1. The minimum absolute atomic E-state index is 0.0339. The van der Waals surface area contributed by atoms with Crippen LogP contribution >= 0.6 is 11.6 Å². The van der Waals surface area contributed by atoms with Gasteiger partial charge in [-0.2, -0.15) is 0 Å². The molecule has 18 heavy (non-hydrogen) atoms. The summed E-state index contributed by atoms with van der Waals surface area (Å²) in [5.41, 5.74) is 2.21. The standard InChI is InChI=1S/C14H16ClNO2/c15-12-3-4-13-10(8-12)2-1-6-16(13)14(17)11-5-7-18-9-11/h3-4,8,11H,1-2,5-7,9H2. The fourth-order valence-electron chi connectivity index (χ4n) is 2.74. The van der Waals surface area contributed by atoms with Gasteiger partial charge in [-0.15, -0.1) is 0 Å². The van der Waals surface area contributed by atoms with Crippen molar-refractivity contribution in [2.24, 2.45) is 5.92 Å². The van der Waals surface area contributed by atoms with E-state index in [1.165, 1.54) is 5.56 Å². The van der Waals surface area contributed by atoms with Crippen molar-refractivity contribution >= 4 is 23.2 Å². The van der Waals surface area contributed by atoms with Crippen LogP contribution in [0.4, 0.5) is 5.69 Å². The first-order chi connectivity index (χ1) is 8.75. The lowest BCUT2D eigenvalue weighted by Crippen LogP contribution is -2.39. The van der Waals surface area contributed by atoms with E-state index in [2.05, 4.69) is 0 Å². The van der Waals surface area contributed by atoms with E-state index in [4.69, 9.17) is 16.3 Å². The van der Waals surface area contributed by atoms with Gasteiger partial charge >= 0.3 is 0 Å². The Morgan fingerprint density at radius 3 is 3.11 bits per heavy atom. The monoisotopic (exact) mass is 265 g/mol. The predicted molar refractivity (Wildman–Crippen MR) is 71.1 cm³/mol. The van der Waals surface area contributed by atoms with Gasteiger partial charge in [0.15, 0.2) is 0 Å². The highest BCUT2D eigenvalue weighted by molar-refractivity contribution is 6.30. The molecule has 0 radical (unpaired) electrons. The van der Waals surface area contributed by atoms with Crippen molar-refractivity contribution in [3.8, 4) is 0 Å². The second kappa shape index (κ2) is 4.90. The third kappa shape index (κ3) is 2.13. The molecule has 1 atom stereocenters. The molecule has 2 aliphatic rings. The number of rotatable bonds is 1. The van der Waals surface area contributed by atoms with Crippen molar-refractivity contribution in [1.29, 1.82) is 0 Å². The number of carbonyl (C=O) groups excluding carboxylic acids is 1. The molecule has 1 aromatic carbocycles. The van der Waals surface area contributed by atoms with Gasteiger partial charge in [-0.1, -0.05) is 11.6 Å². The number of fused-ring (bicyclic) bond motifs is 1. The largest absolute Gasteiger partial charge is 0.381 e. The van der Waals surface area contributed by atoms with Crippen LogP contribution in [0.15, 0.2) is 18.2 Å². The third-order valence-corrected chi connectivity index (χ3v) is 3.94. The zero-order valence-electron chi connectivity index (χ0n) is 10.2. The molecule has 0 saturated carbocycles. The summed E-state index contributed by atoms with van der Waals surface area (Å²) in [4.78, 5) is 14.4. The van der Waals surface area contributed by atoms with Gasteiger partial charge in [0.25, 0.3) is 0 Å². The first-order valence-electron chi connectivity index (χ1n) is 6.43. The molecule has 1 fully saturated rings. The van der Waals surface area contributed by atoms with Crippen LogP contribution in [0.5, 0.6) is 0 Å². The van der Waals surface area contributed by atoms with Gasteiger partial charge in [0, 0.05) is 23.9 Å². The number of nitrogens with zero attached hydrogens (tertiary/aromatic N) is 1. The molecule has 4 heteroatoms. The molecule has 0 aliphatic carbocycles. The van der Waals surface area contributed by atoms with Crippen molar-refractivity contribution in [1.82, 2.24) is 0 Å². The third-order valence-electron chi connectivity index (χ3n) is 3.71. The molecule has 1 aromatic rings. The van der Waals surface area contributed by atoms with Crippen LogP contribution < -0.4 is 4.90 Å².